The highest BCUT2D eigenvalue weighted by molar-refractivity contribution is 5.94. The fraction of sp³-hybridized carbons (Fsp3) is 0.471. The minimum absolute atomic E-state index is 0.0249. The molecule has 0 radical (unpaired) electrons. The van der Waals surface area contributed by atoms with Crippen LogP contribution in [0.2, 0.25) is 0 Å². The minimum atomic E-state index is -0.387. The molecule has 1 aromatic carbocycles. The highest BCUT2D eigenvalue weighted by atomic mass is 16.2. The van der Waals surface area contributed by atoms with Crippen molar-refractivity contribution >= 4 is 17.7 Å². The van der Waals surface area contributed by atoms with E-state index in [4.69, 9.17) is 5.73 Å². The molecule has 130 valence electrons. The molecule has 1 aromatic rings. The SMILES string of the molecule is CC(=O)N1CCN(CC(N)=O)CC1c1cccc(C(=O)N(C)C)c1. The van der Waals surface area contributed by atoms with Crippen molar-refractivity contribution in [2.75, 3.05) is 40.3 Å². The minimum Gasteiger partial charge on any atom is -0.369 e. The number of amides is 3. The highest BCUT2D eigenvalue weighted by Gasteiger charge is 2.30. The summed E-state index contributed by atoms with van der Waals surface area (Å²) < 4.78 is 0. The molecule has 0 aliphatic carbocycles. The lowest BCUT2D eigenvalue weighted by Gasteiger charge is -2.41. The van der Waals surface area contributed by atoms with E-state index >= 15 is 0 Å². The van der Waals surface area contributed by atoms with Gasteiger partial charge in [-0.3, -0.25) is 19.3 Å². The van der Waals surface area contributed by atoms with Crippen molar-refractivity contribution in [3.05, 3.63) is 35.4 Å². The van der Waals surface area contributed by atoms with Gasteiger partial charge in [-0.05, 0) is 17.7 Å². The Morgan fingerprint density at radius 1 is 1.25 bits per heavy atom. The maximum absolute atomic E-state index is 12.2. The quantitative estimate of drug-likeness (QED) is 0.846. The molecule has 1 atom stereocenters. The van der Waals surface area contributed by atoms with Crippen LogP contribution < -0.4 is 5.73 Å². The summed E-state index contributed by atoms with van der Waals surface area (Å²) >= 11 is 0. The van der Waals surface area contributed by atoms with Crippen molar-refractivity contribution < 1.29 is 14.4 Å². The molecule has 1 aliphatic heterocycles. The van der Waals surface area contributed by atoms with Gasteiger partial charge in [0, 0.05) is 46.2 Å². The van der Waals surface area contributed by atoms with Crippen molar-refractivity contribution in [3.8, 4) is 0 Å². The average Bonchev–Trinajstić information content (AvgIpc) is 2.53. The van der Waals surface area contributed by atoms with Gasteiger partial charge in [0.2, 0.25) is 11.8 Å². The zero-order valence-electron chi connectivity index (χ0n) is 14.4. The second-order valence-electron chi connectivity index (χ2n) is 6.25. The van der Waals surface area contributed by atoms with Crippen LogP contribution in [0.5, 0.6) is 0 Å². The highest BCUT2D eigenvalue weighted by Crippen LogP contribution is 2.26. The molecule has 24 heavy (non-hydrogen) atoms. The first kappa shape index (κ1) is 17.9. The van der Waals surface area contributed by atoms with Crippen molar-refractivity contribution in [1.29, 1.82) is 0 Å². The second kappa shape index (κ2) is 7.44. The van der Waals surface area contributed by atoms with Crippen LogP contribution in [-0.4, -0.2) is 72.7 Å². The molecule has 0 saturated carbocycles. The Bertz CT molecular complexity index is 644. The molecule has 7 nitrogen and oxygen atoms in total. The predicted octanol–water partition coefficient (Wildman–Crippen LogP) is 0.0789. The van der Waals surface area contributed by atoms with E-state index in [2.05, 4.69) is 0 Å². The second-order valence-corrected chi connectivity index (χ2v) is 6.25. The maximum Gasteiger partial charge on any atom is 0.253 e. The number of rotatable bonds is 4. The largest absolute Gasteiger partial charge is 0.369 e. The van der Waals surface area contributed by atoms with Crippen LogP contribution in [0.1, 0.15) is 28.9 Å². The summed E-state index contributed by atoms with van der Waals surface area (Å²) in [6.45, 7) is 3.35. The first-order valence-electron chi connectivity index (χ1n) is 7.89. The van der Waals surface area contributed by atoms with Gasteiger partial charge in [-0.1, -0.05) is 12.1 Å². The molecule has 3 amide bonds. The number of nitrogens with two attached hydrogens (primary N) is 1. The summed E-state index contributed by atoms with van der Waals surface area (Å²) in [4.78, 5) is 40.6. The number of hydrogen-bond acceptors (Lipinski definition) is 4. The maximum atomic E-state index is 12.2. The molecule has 7 heteroatoms. The number of carbonyl (C=O) groups is 3. The van der Waals surface area contributed by atoms with E-state index in [1.54, 1.807) is 25.1 Å². The van der Waals surface area contributed by atoms with Crippen LogP contribution in [0.25, 0.3) is 0 Å². The Morgan fingerprint density at radius 2 is 1.96 bits per heavy atom. The van der Waals surface area contributed by atoms with Gasteiger partial charge in [-0.2, -0.15) is 0 Å². The third-order valence-electron chi connectivity index (χ3n) is 4.17. The summed E-state index contributed by atoms with van der Waals surface area (Å²) in [7, 11) is 3.40. The zero-order valence-corrected chi connectivity index (χ0v) is 14.4. The summed E-state index contributed by atoms with van der Waals surface area (Å²) in [5.74, 6) is -0.499. The van der Waals surface area contributed by atoms with Crippen LogP contribution in [0.4, 0.5) is 0 Å². The molecule has 1 aliphatic rings. The van der Waals surface area contributed by atoms with E-state index in [0.717, 1.165) is 5.56 Å². The van der Waals surface area contributed by atoms with Gasteiger partial charge in [0.1, 0.15) is 0 Å². The van der Waals surface area contributed by atoms with Crippen LogP contribution in [-0.2, 0) is 9.59 Å². The number of benzene rings is 1. The van der Waals surface area contributed by atoms with Gasteiger partial charge in [0.15, 0.2) is 0 Å². The average molecular weight is 332 g/mol. The molecule has 0 bridgehead atoms. The van der Waals surface area contributed by atoms with Gasteiger partial charge >= 0.3 is 0 Å². The number of piperazine rings is 1. The molecule has 1 heterocycles. The Morgan fingerprint density at radius 3 is 2.54 bits per heavy atom. The fourth-order valence-corrected chi connectivity index (χ4v) is 3.00. The summed E-state index contributed by atoms with van der Waals surface area (Å²) in [5.41, 5.74) is 6.75. The first-order chi connectivity index (χ1) is 11.3. The van der Waals surface area contributed by atoms with Crippen LogP contribution in [0.3, 0.4) is 0 Å². The van der Waals surface area contributed by atoms with E-state index in [1.165, 1.54) is 11.8 Å². The van der Waals surface area contributed by atoms with Crippen molar-refractivity contribution in [1.82, 2.24) is 14.7 Å². The molecule has 1 saturated heterocycles. The molecular formula is C17H24N4O3. The molecule has 0 aromatic heterocycles. The Labute approximate surface area is 142 Å². The van der Waals surface area contributed by atoms with Gasteiger partial charge in [0.05, 0.1) is 12.6 Å². The Hall–Kier alpha value is -2.41. The van der Waals surface area contributed by atoms with Crippen LogP contribution >= 0.6 is 0 Å². The third kappa shape index (κ3) is 4.11. The van der Waals surface area contributed by atoms with Crippen molar-refractivity contribution in [3.63, 3.8) is 0 Å². The zero-order chi connectivity index (χ0) is 17.9. The van der Waals surface area contributed by atoms with Gasteiger partial charge in [0.25, 0.3) is 5.91 Å². The Kier molecular flexibility index (Phi) is 5.56. The summed E-state index contributed by atoms with van der Waals surface area (Å²) in [6.07, 6.45) is 0. The molecule has 1 unspecified atom stereocenters. The lowest BCUT2D eigenvalue weighted by molar-refractivity contribution is -0.134. The molecular weight excluding hydrogens is 308 g/mol. The van der Waals surface area contributed by atoms with Gasteiger partial charge in [-0.25, -0.2) is 0 Å². The monoisotopic (exact) mass is 332 g/mol. The molecule has 1 fully saturated rings. The normalized spacial score (nSPS) is 18.3. The standard InChI is InChI=1S/C17H24N4O3/c1-12(22)21-8-7-20(11-16(18)23)10-15(21)13-5-4-6-14(9-13)17(24)19(2)3/h4-6,9,15H,7-8,10-11H2,1-3H3,(H2,18,23). The van der Waals surface area contributed by atoms with Crippen LogP contribution in [0.15, 0.2) is 24.3 Å². The Balaban J connectivity index is 2.30. The van der Waals surface area contributed by atoms with Gasteiger partial charge in [-0.15, -0.1) is 0 Å². The lowest BCUT2D eigenvalue weighted by atomic mass is 9.99. The topological polar surface area (TPSA) is 87.0 Å². The molecule has 2 N–H and O–H groups in total. The smallest absolute Gasteiger partial charge is 0.253 e. The number of carbonyl (C=O) groups excluding carboxylic acids is 3. The first-order valence-corrected chi connectivity index (χ1v) is 7.89. The third-order valence-corrected chi connectivity index (χ3v) is 4.17. The van der Waals surface area contributed by atoms with Crippen LogP contribution in [0, 0.1) is 0 Å². The summed E-state index contributed by atoms with van der Waals surface area (Å²) in [6, 6.07) is 7.09. The summed E-state index contributed by atoms with van der Waals surface area (Å²) in [5, 5.41) is 0. The van der Waals surface area contributed by atoms with E-state index in [-0.39, 0.29) is 30.3 Å². The van der Waals surface area contributed by atoms with E-state index < -0.39 is 0 Å². The van der Waals surface area contributed by atoms with E-state index in [0.29, 0.717) is 25.2 Å². The van der Waals surface area contributed by atoms with E-state index in [1.807, 2.05) is 23.1 Å². The number of primary amides is 1. The fourth-order valence-electron chi connectivity index (χ4n) is 3.00. The predicted molar refractivity (Wildman–Crippen MR) is 90.2 cm³/mol. The van der Waals surface area contributed by atoms with Crippen molar-refractivity contribution in [2.45, 2.75) is 13.0 Å². The lowest BCUT2D eigenvalue weighted by Crippen LogP contribution is -2.51. The molecule has 2 rings (SSSR count). The van der Waals surface area contributed by atoms with E-state index in [9.17, 15) is 14.4 Å². The van der Waals surface area contributed by atoms with Crippen molar-refractivity contribution in [2.24, 2.45) is 5.73 Å². The number of nitrogens with zero attached hydrogens (tertiary/aromatic N) is 3. The molecule has 0 spiro atoms. The number of hydrogen-bond donors (Lipinski definition) is 1. The van der Waals surface area contributed by atoms with Gasteiger partial charge < -0.3 is 15.5 Å².